The van der Waals surface area contributed by atoms with Gasteiger partial charge in [-0.2, -0.15) is 0 Å². The normalized spacial score (nSPS) is 14.2. The molecule has 0 N–H and O–H groups in total. The van der Waals surface area contributed by atoms with Crippen LogP contribution in [0.4, 0.5) is 0 Å². The molecule has 0 heteroatoms. The van der Waals surface area contributed by atoms with E-state index in [0.717, 1.165) is 0 Å². The Balaban J connectivity index is 1.52. The van der Waals surface area contributed by atoms with E-state index in [1.54, 1.807) is 0 Å². The molecule has 10 rings (SSSR count). The summed E-state index contributed by atoms with van der Waals surface area (Å²) in [6.07, 6.45) is 0. The molecule has 0 unspecified atom stereocenters. The van der Waals surface area contributed by atoms with Crippen LogP contribution in [0, 0.1) is 0 Å². The number of rotatable bonds is 8. The van der Waals surface area contributed by atoms with Gasteiger partial charge in [0.25, 0.3) is 0 Å². The number of allylic oxidation sites excluding steroid dienone is 10. The summed E-state index contributed by atoms with van der Waals surface area (Å²) in [6.45, 7) is 0. The zero-order valence-electron chi connectivity index (χ0n) is 32.1. The Hall–Kier alpha value is -7.54. The summed E-state index contributed by atoms with van der Waals surface area (Å²) < 4.78 is 0. The fraction of sp³-hybridized carbons (Fsp3) is 0. The van der Waals surface area contributed by atoms with Gasteiger partial charge in [-0.25, -0.2) is 0 Å². The van der Waals surface area contributed by atoms with E-state index in [1.807, 2.05) is 0 Å². The van der Waals surface area contributed by atoms with Crippen LogP contribution in [0.5, 0.6) is 0 Å². The van der Waals surface area contributed by atoms with Crippen molar-refractivity contribution in [2.75, 3.05) is 0 Å². The van der Waals surface area contributed by atoms with Crippen LogP contribution in [0.3, 0.4) is 0 Å². The third-order valence-corrected chi connectivity index (χ3v) is 11.2. The molecule has 0 saturated heterocycles. The van der Waals surface area contributed by atoms with Gasteiger partial charge in [0.2, 0.25) is 0 Å². The molecule has 0 fully saturated rings. The molecular formula is C58H40. The standard InChI is InChI=1S/C58H40/c1-9-25-41(26-10-1)49-50(42-27-11-2-12-28-42)54(46-35-19-6-20-36-46)57(53(49)45-33-17-5-18-34-45)58-55(47-37-21-7-22-38-47)51(43-29-13-3-14-30-43)52(44-31-15-4-16-32-44)56(58)48-39-23-8-24-40-48/h1-40H. The summed E-state index contributed by atoms with van der Waals surface area (Å²) in [5.41, 5.74) is 21.7. The second-order valence-corrected chi connectivity index (χ2v) is 14.7. The third-order valence-electron chi connectivity index (χ3n) is 11.2. The topological polar surface area (TPSA) is 0 Å². The van der Waals surface area contributed by atoms with E-state index in [-0.39, 0.29) is 0 Å². The van der Waals surface area contributed by atoms with E-state index in [2.05, 4.69) is 243 Å². The fourth-order valence-corrected chi connectivity index (χ4v) is 8.90. The van der Waals surface area contributed by atoms with Crippen molar-refractivity contribution in [3.05, 3.63) is 298 Å². The molecule has 0 saturated carbocycles. The first kappa shape index (κ1) is 34.9. The summed E-state index contributed by atoms with van der Waals surface area (Å²) in [5, 5.41) is 0. The molecule has 8 aromatic rings. The van der Waals surface area contributed by atoms with Crippen molar-refractivity contribution in [1.29, 1.82) is 0 Å². The third kappa shape index (κ3) is 6.22. The van der Waals surface area contributed by atoms with Crippen LogP contribution in [0.1, 0.15) is 44.5 Å². The highest BCUT2D eigenvalue weighted by Crippen LogP contribution is 2.62. The molecule has 2 aliphatic carbocycles. The minimum atomic E-state index is 1.18. The molecule has 272 valence electrons. The van der Waals surface area contributed by atoms with Crippen molar-refractivity contribution in [1.82, 2.24) is 0 Å². The average Bonchev–Trinajstić information content (AvgIpc) is 3.86. The first-order chi connectivity index (χ1) is 28.9. The first-order valence-corrected chi connectivity index (χ1v) is 20.0. The molecule has 0 heterocycles. The molecule has 0 bridgehead atoms. The van der Waals surface area contributed by atoms with Crippen LogP contribution in [-0.2, 0) is 0 Å². The zero-order chi connectivity index (χ0) is 38.7. The Labute approximate surface area is 341 Å². The van der Waals surface area contributed by atoms with Gasteiger partial charge in [0, 0.05) is 0 Å². The maximum atomic E-state index is 2.29. The highest BCUT2D eigenvalue weighted by molar-refractivity contribution is 6.41. The molecule has 8 aromatic carbocycles. The van der Waals surface area contributed by atoms with Crippen LogP contribution < -0.4 is 0 Å². The van der Waals surface area contributed by atoms with Gasteiger partial charge in [-0.3, -0.25) is 0 Å². The molecule has 2 aliphatic rings. The quantitative estimate of drug-likeness (QED) is 0.146. The van der Waals surface area contributed by atoms with E-state index >= 15 is 0 Å². The van der Waals surface area contributed by atoms with Crippen LogP contribution in [0.2, 0.25) is 0 Å². The molecular weight excluding hydrogens is 697 g/mol. The Morgan fingerprint density at radius 3 is 0.328 bits per heavy atom. The van der Waals surface area contributed by atoms with Gasteiger partial charge in [-0.15, -0.1) is 0 Å². The van der Waals surface area contributed by atoms with Gasteiger partial charge in [-0.05, 0) is 100 Å². The summed E-state index contributed by atoms with van der Waals surface area (Å²) in [6, 6.07) is 88.3. The maximum absolute atomic E-state index is 2.29. The Bertz CT molecular complexity index is 2470. The van der Waals surface area contributed by atoms with Crippen LogP contribution in [0.25, 0.3) is 44.6 Å². The van der Waals surface area contributed by atoms with E-state index < -0.39 is 0 Å². The monoisotopic (exact) mass is 736 g/mol. The second-order valence-electron chi connectivity index (χ2n) is 14.7. The number of benzene rings is 8. The average molecular weight is 737 g/mol. The lowest BCUT2D eigenvalue weighted by Crippen LogP contribution is -2.02. The van der Waals surface area contributed by atoms with Crippen LogP contribution in [-0.4, -0.2) is 0 Å². The van der Waals surface area contributed by atoms with E-state index in [9.17, 15) is 0 Å². The fourth-order valence-electron chi connectivity index (χ4n) is 8.90. The van der Waals surface area contributed by atoms with Crippen molar-refractivity contribution in [2.45, 2.75) is 0 Å². The van der Waals surface area contributed by atoms with E-state index in [4.69, 9.17) is 0 Å². The van der Waals surface area contributed by atoms with Crippen LogP contribution in [0.15, 0.2) is 254 Å². The first-order valence-electron chi connectivity index (χ1n) is 20.0. The number of hydrogen-bond donors (Lipinski definition) is 0. The lowest BCUT2D eigenvalue weighted by molar-refractivity contribution is 1.51. The highest BCUT2D eigenvalue weighted by Gasteiger charge is 2.41. The van der Waals surface area contributed by atoms with Gasteiger partial charge >= 0.3 is 0 Å². The molecule has 0 nitrogen and oxygen atoms in total. The van der Waals surface area contributed by atoms with E-state index in [0.29, 0.717) is 0 Å². The smallest absolute Gasteiger partial charge is 0.0000936 e. The van der Waals surface area contributed by atoms with Gasteiger partial charge in [0.05, 0.1) is 0 Å². The van der Waals surface area contributed by atoms with Gasteiger partial charge in [0.15, 0.2) is 0 Å². The Morgan fingerprint density at radius 1 is 0.103 bits per heavy atom. The van der Waals surface area contributed by atoms with Crippen molar-refractivity contribution in [3.63, 3.8) is 0 Å². The molecule has 0 atom stereocenters. The van der Waals surface area contributed by atoms with Crippen molar-refractivity contribution in [2.24, 2.45) is 0 Å². The highest BCUT2D eigenvalue weighted by atomic mass is 14.4. The minimum absolute atomic E-state index is 1.18. The summed E-state index contributed by atoms with van der Waals surface area (Å²) in [4.78, 5) is 0. The second kappa shape index (κ2) is 15.5. The molecule has 0 radical (unpaired) electrons. The summed E-state index contributed by atoms with van der Waals surface area (Å²) in [7, 11) is 0. The predicted molar refractivity (Wildman–Crippen MR) is 246 cm³/mol. The van der Waals surface area contributed by atoms with Gasteiger partial charge in [0.1, 0.15) is 0 Å². The molecule has 0 amide bonds. The lowest BCUT2D eigenvalue weighted by atomic mass is 9.80. The minimum Gasteiger partial charge on any atom is -0.0622 e. The Morgan fingerprint density at radius 2 is 0.207 bits per heavy atom. The van der Waals surface area contributed by atoms with Gasteiger partial charge in [-0.1, -0.05) is 243 Å². The molecule has 58 heavy (non-hydrogen) atoms. The molecule has 0 aromatic heterocycles. The SMILES string of the molecule is c1ccc(C2=C(c3ccccc3)C(c3ccccc3)=C(c3ccccc3)C2=C2C(c3ccccc3)=C(c3ccccc3)C(c3ccccc3)=C2c2ccccc2)cc1. The zero-order valence-corrected chi connectivity index (χ0v) is 32.1. The van der Waals surface area contributed by atoms with Gasteiger partial charge < -0.3 is 0 Å². The van der Waals surface area contributed by atoms with Crippen molar-refractivity contribution >= 4 is 44.6 Å². The Kier molecular flexibility index (Phi) is 9.35. The maximum Gasteiger partial charge on any atom is -0.0000936 e. The lowest BCUT2D eigenvalue weighted by Gasteiger charge is -2.22. The van der Waals surface area contributed by atoms with Crippen molar-refractivity contribution in [3.8, 4) is 0 Å². The summed E-state index contributed by atoms with van der Waals surface area (Å²) >= 11 is 0. The molecule has 0 spiro atoms. The van der Waals surface area contributed by atoms with Crippen molar-refractivity contribution < 1.29 is 0 Å². The van der Waals surface area contributed by atoms with E-state index in [1.165, 1.54) is 100 Å². The largest absolute Gasteiger partial charge is 0.0622 e. The number of hydrogen-bond acceptors (Lipinski definition) is 0. The summed E-state index contributed by atoms with van der Waals surface area (Å²) in [5.74, 6) is 0. The van der Waals surface area contributed by atoms with Crippen LogP contribution >= 0.6 is 0 Å². The predicted octanol–water partition coefficient (Wildman–Crippen LogP) is 14.8. The molecule has 0 aliphatic heterocycles.